The molecular weight excluding hydrogens is 224 g/mol. The van der Waals surface area contributed by atoms with E-state index in [-0.39, 0.29) is 12.1 Å². The van der Waals surface area contributed by atoms with Gasteiger partial charge in [0.15, 0.2) is 0 Å². The van der Waals surface area contributed by atoms with Crippen LogP contribution in [-0.2, 0) is 4.74 Å². The van der Waals surface area contributed by atoms with Crippen LogP contribution in [-0.4, -0.2) is 19.8 Å². The molecule has 17 heavy (non-hydrogen) atoms. The molecular formula is C13H19F2NO. The van der Waals surface area contributed by atoms with E-state index in [9.17, 15) is 8.78 Å². The Morgan fingerprint density at radius 1 is 1.35 bits per heavy atom. The number of halogens is 2. The van der Waals surface area contributed by atoms with E-state index in [1.165, 1.54) is 12.1 Å². The number of hydrogen-bond donors (Lipinski definition) is 1. The predicted octanol–water partition coefficient (Wildman–Crippen LogP) is 3.04. The molecule has 1 aromatic rings. The molecule has 0 bridgehead atoms. The maximum absolute atomic E-state index is 13.7. The van der Waals surface area contributed by atoms with Crippen LogP contribution in [0.25, 0.3) is 0 Å². The number of benzene rings is 1. The van der Waals surface area contributed by atoms with Crippen molar-refractivity contribution >= 4 is 0 Å². The zero-order valence-corrected chi connectivity index (χ0v) is 10.5. The third-order valence-electron chi connectivity index (χ3n) is 2.76. The minimum Gasteiger partial charge on any atom is -0.382 e. The lowest BCUT2D eigenvalue weighted by atomic mass is 10.0. The summed E-state index contributed by atoms with van der Waals surface area (Å²) in [5.74, 6) is -1.07. The van der Waals surface area contributed by atoms with Crippen molar-refractivity contribution in [3.63, 3.8) is 0 Å². The monoisotopic (exact) mass is 243 g/mol. The first-order valence-corrected chi connectivity index (χ1v) is 5.79. The minimum absolute atomic E-state index is 0.0171. The smallest absolute Gasteiger partial charge is 0.130 e. The first kappa shape index (κ1) is 14.1. The highest BCUT2D eigenvalue weighted by molar-refractivity contribution is 5.22. The van der Waals surface area contributed by atoms with Crippen molar-refractivity contribution in [2.75, 3.05) is 13.7 Å². The van der Waals surface area contributed by atoms with Gasteiger partial charge in [0.25, 0.3) is 0 Å². The normalized spacial score (nSPS) is 14.6. The van der Waals surface area contributed by atoms with Crippen molar-refractivity contribution < 1.29 is 13.5 Å². The fourth-order valence-electron chi connectivity index (χ4n) is 1.78. The van der Waals surface area contributed by atoms with E-state index < -0.39 is 11.6 Å². The van der Waals surface area contributed by atoms with Gasteiger partial charge < -0.3 is 10.1 Å². The first-order valence-electron chi connectivity index (χ1n) is 5.79. The minimum atomic E-state index is -0.554. The van der Waals surface area contributed by atoms with Crippen molar-refractivity contribution in [3.05, 3.63) is 35.4 Å². The summed E-state index contributed by atoms with van der Waals surface area (Å²) in [6, 6.07) is 3.52. The van der Waals surface area contributed by atoms with E-state index in [4.69, 9.17) is 4.74 Å². The average molecular weight is 243 g/mol. The fraction of sp³-hybridized carbons (Fsp3) is 0.538. The van der Waals surface area contributed by atoms with Gasteiger partial charge >= 0.3 is 0 Å². The Labute approximate surface area is 101 Å². The number of nitrogens with one attached hydrogen (secondary N) is 1. The highest BCUT2D eigenvalue weighted by atomic mass is 19.1. The second-order valence-electron chi connectivity index (χ2n) is 4.06. The molecule has 1 rings (SSSR count). The van der Waals surface area contributed by atoms with E-state index in [2.05, 4.69) is 5.32 Å². The SMILES string of the molecule is CCNC(CC(C)OC)c1ccc(F)cc1F. The Bertz CT molecular complexity index is 357. The summed E-state index contributed by atoms with van der Waals surface area (Å²) < 4.78 is 31.7. The van der Waals surface area contributed by atoms with Crippen molar-refractivity contribution in [2.45, 2.75) is 32.4 Å². The highest BCUT2D eigenvalue weighted by Gasteiger charge is 2.18. The molecule has 1 N–H and O–H groups in total. The summed E-state index contributed by atoms with van der Waals surface area (Å²) in [7, 11) is 1.62. The van der Waals surface area contributed by atoms with Gasteiger partial charge in [-0.3, -0.25) is 0 Å². The molecule has 96 valence electrons. The van der Waals surface area contributed by atoms with Crippen LogP contribution in [0.5, 0.6) is 0 Å². The lowest BCUT2D eigenvalue weighted by Gasteiger charge is -2.22. The molecule has 0 aliphatic rings. The zero-order chi connectivity index (χ0) is 12.8. The predicted molar refractivity (Wildman–Crippen MR) is 63.9 cm³/mol. The third-order valence-corrected chi connectivity index (χ3v) is 2.76. The van der Waals surface area contributed by atoms with E-state index in [0.29, 0.717) is 12.0 Å². The fourth-order valence-corrected chi connectivity index (χ4v) is 1.78. The van der Waals surface area contributed by atoms with Gasteiger partial charge in [0.2, 0.25) is 0 Å². The van der Waals surface area contributed by atoms with Gasteiger partial charge in [0.05, 0.1) is 6.10 Å². The molecule has 0 aromatic heterocycles. The number of rotatable bonds is 6. The number of hydrogen-bond acceptors (Lipinski definition) is 2. The Morgan fingerprint density at radius 2 is 2.06 bits per heavy atom. The van der Waals surface area contributed by atoms with Gasteiger partial charge in [-0.1, -0.05) is 13.0 Å². The first-order chi connectivity index (χ1) is 8.08. The van der Waals surface area contributed by atoms with Crippen LogP contribution < -0.4 is 5.32 Å². The lowest BCUT2D eigenvalue weighted by Crippen LogP contribution is -2.26. The Morgan fingerprint density at radius 3 is 2.59 bits per heavy atom. The van der Waals surface area contributed by atoms with E-state index in [1.54, 1.807) is 7.11 Å². The topological polar surface area (TPSA) is 21.3 Å². The molecule has 0 spiro atoms. The molecule has 0 saturated carbocycles. The standard InChI is InChI=1S/C13H19F2NO/c1-4-16-13(7-9(2)17-3)11-6-5-10(14)8-12(11)15/h5-6,8-9,13,16H,4,7H2,1-3H3. The molecule has 2 nitrogen and oxygen atoms in total. The van der Waals surface area contributed by atoms with Gasteiger partial charge in [0, 0.05) is 24.8 Å². The molecule has 0 heterocycles. The van der Waals surface area contributed by atoms with E-state index in [1.807, 2.05) is 13.8 Å². The van der Waals surface area contributed by atoms with Gasteiger partial charge in [-0.2, -0.15) is 0 Å². The quantitative estimate of drug-likeness (QED) is 0.829. The van der Waals surface area contributed by atoms with Crippen LogP contribution in [0.4, 0.5) is 8.78 Å². The third kappa shape index (κ3) is 4.06. The maximum atomic E-state index is 13.7. The largest absolute Gasteiger partial charge is 0.382 e. The average Bonchev–Trinajstić information content (AvgIpc) is 2.28. The highest BCUT2D eigenvalue weighted by Crippen LogP contribution is 2.23. The van der Waals surface area contributed by atoms with E-state index in [0.717, 1.165) is 12.6 Å². The molecule has 4 heteroatoms. The molecule has 0 aliphatic heterocycles. The maximum Gasteiger partial charge on any atom is 0.130 e. The molecule has 0 amide bonds. The summed E-state index contributed by atoms with van der Waals surface area (Å²) in [5, 5.41) is 3.18. The number of ether oxygens (including phenoxy) is 1. The van der Waals surface area contributed by atoms with Gasteiger partial charge in [0.1, 0.15) is 11.6 Å². The molecule has 2 unspecified atom stereocenters. The summed E-state index contributed by atoms with van der Waals surface area (Å²) in [6.45, 7) is 4.59. The Hall–Kier alpha value is -1.00. The summed E-state index contributed by atoms with van der Waals surface area (Å²) in [6.07, 6.45) is 0.663. The van der Waals surface area contributed by atoms with Crippen LogP contribution >= 0.6 is 0 Å². The van der Waals surface area contributed by atoms with Crippen LogP contribution in [0.2, 0.25) is 0 Å². The van der Waals surface area contributed by atoms with Crippen LogP contribution in [0.1, 0.15) is 31.9 Å². The van der Waals surface area contributed by atoms with Gasteiger partial charge in [-0.25, -0.2) is 8.78 Å². The number of methoxy groups -OCH3 is 1. The molecule has 0 saturated heterocycles. The Balaban J connectivity index is 2.88. The van der Waals surface area contributed by atoms with E-state index >= 15 is 0 Å². The summed E-state index contributed by atoms with van der Waals surface area (Å²) >= 11 is 0. The second-order valence-corrected chi connectivity index (χ2v) is 4.06. The molecule has 0 radical (unpaired) electrons. The molecule has 2 atom stereocenters. The van der Waals surface area contributed by atoms with Crippen LogP contribution in [0, 0.1) is 11.6 Å². The van der Waals surface area contributed by atoms with Crippen LogP contribution in [0.3, 0.4) is 0 Å². The van der Waals surface area contributed by atoms with Crippen molar-refractivity contribution in [2.24, 2.45) is 0 Å². The summed E-state index contributed by atoms with van der Waals surface area (Å²) in [4.78, 5) is 0. The molecule has 0 fully saturated rings. The second kappa shape index (κ2) is 6.67. The molecule has 0 aliphatic carbocycles. The Kier molecular flexibility index (Phi) is 5.51. The molecule has 1 aromatic carbocycles. The van der Waals surface area contributed by atoms with Crippen LogP contribution in [0.15, 0.2) is 18.2 Å². The summed E-state index contributed by atoms with van der Waals surface area (Å²) in [5.41, 5.74) is 0.483. The van der Waals surface area contributed by atoms with Gasteiger partial charge in [-0.05, 0) is 26.0 Å². The zero-order valence-electron chi connectivity index (χ0n) is 10.5. The van der Waals surface area contributed by atoms with Gasteiger partial charge in [-0.15, -0.1) is 0 Å². The lowest BCUT2D eigenvalue weighted by molar-refractivity contribution is 0.100. The van der Waals surface area contributed by atoms with Crippen molar-refractivity contribution in [1.82, 2.24) is 5.32 Å². The van der Waals surface area contributed by atoms with Crippen molar-refractivity contribution in [3.8, 4) is 0 Å². The van der Waals surface area contributed by atoms with Crippen molar-refractivity contribution in [1.29, 1.82) is 0 Å².